The fourth-order valence-corrected chi connectivity index (χ4v) is 2.57. The molecule has 0 spiro atoms. The summed E-state index contributed by atoms with van der Waals surface area (Å²) in [7, 11) is 0. The van der Waals surface area contributed by atoms with Crippen molar-refractivity contribution in [1.29, 1.82) is 0 Å². The standard InChI is InChI=1S/C12H12Cl2N2O3/c13-9-5-7(6-10(11(9)14)16(18)19)12(17)15-8-3-1-2-4-8/h5-6,8H,1-4H2,(H,15,17). The van der Waals surface area contributed by atoms with Gasteiger partial charge in [-0.05, 0) is 18.9 Å². The number of amides is 1. The number of nitrogens with zero attached hydrogens (tertiary/aromatic N) is 1. The predicted molar refractivity (Wildman–Crippen MR) is 72.8 cm³/mol. The van der Waals surface area contributed by atoms with Gasteiger partial charge in [-0.25, -0.2) is 0 Å². The molecule has 1 aliphatic carbocycles. The van der Waals surface area contributed by atoms with Crippen molar-refractivity contribution in [2.45, 2.75) is 31.7 Å². The number of nitrogens with one attached hydrogen (secondary N) is 1. The predicted octanol–water partition coefficient (Wildman–Crippen LogP) is 3.57. The highest BCUT2D eigenvalue weighted by molar-refractivity contribution is 6.43. The van der Waals surface area contributed by atoms with E-state index in [0.717, 1.165) is 31.7 Å². The van der Waals surface area contributed by atoms with Crippen LogP contribution in [0.5, 0.6) is 0 Å². The molecule has 5 nitrogen and oxygen atoms in total. The van der Waals surface area contributed by atoms with Crippen LogP contribution in [0.2, 0.25) is 10.0 Å². The molecule has 2 rings (SSSR count). The van der Waals surface area contributed by atoms with Crippen LogP contribution in [0.1, 0.15) is 36.0 Å². The smallest absolute Gasteiger partial charge is 0.290 e. The summed E-state index contributed by atoms with van der Waals surface area (Å²) in [6.07, 6.45) is 4.06. The van der Waals surface area contributed by atoms with E-state index >= 15 is 0 Å². The lowest BCUT2D eigenvalue weighted by molar-refractivity contribution is -0.384. The molecule has 0 aromatic heterocycles. The largest absolute Gasteiger partial charge is 0.349 e. The van der Waals surface area contributed by atoms with E-state index in [1.165, 1.54) is 6.07 Å². The zero-order valence-corrected chi connectivity index (χ0v) is 11.5. The van der Waals surface area contributed by atoms with Crippen LogP contribution < -0.4 is 5.32 Å². The molecule has 1 fully saturated rings. The third-order valence-electron chi connectivity index (χ3n) is 3.16. The molecule has 1 amide bonds. The van der Waals surface area contributed by atoms with Crippen molar-refractivity contribution >= 4 is 34.8 Å². The third kappa shape index (κ3) is 3.16. The van der Waals surface area contributed by atoms with Crippen molar-refractivity contribution in [2.24, 2.45) is 0 Å². The zero-order chi connectivity index (χ0) is 14.0. The quantitative estimate of drug-likeness (QED) is 0.685. The summed E-state index contributed by atoms with van der Waals surface area (Å²) in [5.41, 5.74) is -0.196. The molecule has 1 aromatic carbocycles. The number of benzene rings is 1. The van der Waals surface area contributed by atoms with Crippen molar-refractivity contribution < 1.29 is 9.72 Å². The van der Waals surface area contributed by atoms with Gasteiger partial charge in [-0.3, -0.25) is 14.9 Å². The molecule has 1 aromatic rings. The lowest BCUT2D eigenvalue weighted by atomic mass is 10.1. The van der Waals surface area contributed by atoms with Gasteiger partial charge in [0.1, 0.15) is 5.02 Å². The van der Waals surface area contributed by atoms with Crippen LogP contribution in [-0.4, -0.2) is 16.9 Å². The Hall–Kier alpha value is -1.33. The van der Waals surface area contributed by atoms with Crippen molar-refractivity contribution in [1.82, 2.24) is 5.32 Å². The summed E-state index contributed by atoms with van der Waals surface area (Å²) in [5, 5.41) is 13.5. The molecule has 1 saturated carbocycles. The highest BCUT2D eigenvalue weighted by Crippen LogP contribution is 2.33. The number of hydrogen-bond acceptors (Lipinski definition) is 3. The van der Waals surface area contributed by atoms with E-state index in [1.54, 1.807) is 0 Å². The van der Waals surface area contributed by atoms with Crippen molar-refractivity contribution in [3.63, 3.8) is 0 Å². The van der Waals surface area contributed by atoms with Gasteiger partial charge in [0.2, 0.25) is 0 Å². The Morgan fingerprint density at radius 1 is 1.32 bits per heavy atom. The maximum atomic E-state index is 12.0. The monoisotopic (exact) mass is 302 g/mol. The van der Waals surface area contributed by atoms with Gasteiger partial charge in [0.05, 0.1) is 9.95 Å². The van der Waals surface area contributed by atoms with Gasteiger partial charge >= 0.3 is 0 Å². The van der Waals surface area contributed by atoms with E-state index in [4.69, 9.17) is 23.2 Å². The maximum Gasteiger partial charge on any atom is 0.290 e. The van der Waals surface area contributed by atoms with Crippen molar-refractivity contribution in [3.05, 3.63) is 37.9 Å². The summed E-state index contributed by atoms with van der Waals surface area (Å²) >= 11 is 11.5. The molecule has 1 aliphatic rings. The molecule has 0 saturated heterocycles. The summed E-state index contributed by atoms with van der Waals surface area (Å²) in [4.78, 5) is 22.2. The Balaban J connectivity index is 2.24. The first-order chi connectivity index (χ1) is 8.99. The first-order valence-corrected chi connectivity index (χ1v) is 6.69. The minimum absolute atomic E-state index is 0.00689. The van der Waals surface area contributed by atoms with Crippen LogP contribution in [0.4, 0.5) is 5.69 Å². The van der Waals surface area contributed by atoms with Gasteiger partial charge < -0.3 is 5.32 Å². The first-order valence-electron chi connectivity index (χ1n) is 5.93. The Kier molecular flexibility index (Phi) is 4.27. The van der Waals surface area contributed by atoms with Gasteiger partial charge in [0, 0.05) is 17.7 Å². The zero-order valence-electron chi connectivity index (χ0n) is 9.99. The molecule has 102 valence electrons. The molecule has 0 unspecified atom stereocenters. The van der Waals surface area contributed by atoms with E-state index in [0.29, 0.717) is 0 Å². The first kappa shape index (κ1) is 14.1. The van der Waals surface area contributed by atoms with E-state index in [2.05, 4.69) is 5.32 Å². The van der Waals surface area contributed by atoms with Crippen LogP contribution in [0.3, 0.4) is 0 Å². The second kappa shape index (κ2) is 5.75. The maximum absolute atomic E-state index is 12.0. The normalized spacial score (nSPS) is 15.5. The van der Waals surface area contributed by atoms with Crippen LogP contribution in [-0.2, 0) is 0 Å². The molecule has 0 radical (unpaired) electrons. The number of nitro groups is 1. The highest BCUT2D eigenvalue weighted by atomic mass is 35.5. The average molecular weight is 303 g/mol. The Bertz CT molecular complexity index is 528. The van der Waals surface area contributed by atoms with E-state index in [9.17, 15) is 14.9 Å². The molecule has 0 bridgehead atoms. The molecular formula is C12H12Cl2N2O3. The van der Waals surface area contributed by atoms with Gasteiger partial charge in [0.25, 0.3) is 11.6 Å². The third-order valence-corrected chi connectivity index (χ3v) is 3.95. The van der Waals surface area contributed by atoms with Crippen molar-refractivity contribution in [3.8, 4) is 0 Å². The molecular weight excluding hydrogens is 291 g/mol. The summed E-state index contributed by atoms with van der Waals surface area (Å²) in [6, 6.07) is 2.64. The van der Waals surface area contributed by atoms with Crippen LogP contribution in [0, 0.1) is 10.1 Å². The molecule has 19 heavy (non-hydrogen) atoms. The highest BCUT2D eigenvalue weighted by Gasteiger charge is 2.22. The SMILES string of the molecule is O=C(NC1CCCC1)c1cc(Cl)c(Cl)c([N+](=O)[O-])c1. The second-order valence-electron chi connectivity index (χ2n) is 4.50. The molecule has 7 heteroatoms. The van der Waals surface area contributed by atoms with E-state index in [1.807, 2.05) is 0 Å². The Labute approximate surface area is 120 Å². The summed E-state index contributed by atoms with van der Waals surface area (Å²) < 4.78 is 0. The summed E-state index contributed by atoms with van der Waals surface area (Å²) in [6.45, 7) is 0. The number of rotatable bonds is 3. The number of hydrogen-bond donors (Lipinski definition) is 1. The minimum Gasteiger partial charge on any atom is -0.349 e. The van der Waals surface area contributed by atoms with E-state index < -0.39 is 4.92 Å². The second-order valence-corrected chi connectivity index (χ2v) is 5.29. The van der Waals surface area contributed by atoms with Gasteiger partial charge in [-0.2, -0.15) is 0 Å². The van der Waals surface area contributed by atoms with Crippen LogP contribution >= 0.6 is 23.2 Å². The average Bonchev–Trinajstić information content (AvgIpc) is 2.84. The molecule has 0 atom stereocenters. The summed E-state index contributed by atoms with van der Waals surface area (Å²) in [5.74, 6) is -0.353. The van der Waals surface area contributed by atoms with Gasteiger partial charge in [-0.15, -0.1) is 0 Å². The van der Waals surface area contributed by atoms with Gasteiger partial charge in [-0.1, -0.05) is 36.0 Å². The lowest BCUT2D eigenvalue weighted by Crippen LogP contribution is -2.32. The molecule has 0 aliphatic heterocycles. The van der Waals surface area contributed by atoms with Crippen molar-refractivity contribution in [2.75, 3.05) is 0 Å². The number of carbonyl (C=O) groups is 1. The minimum atomic E-state index is -0.652. The van der Waals surface area contributed by atoms with Gasteiger partial charge in [0.15, 0.2) is 0 Å². The lowest BCUT2D eigenvalue weighted by Gasteiger charge is -2.12. The fraction of sp³-hybridized carbons (Fsp3) is 0.417. The number of carbonyl (C=O) groups excluding carboxylic acids is 1. The number of halogens is 2. The Morgan fingerprint density at radius 3 is 2.53 bits per heavy atom. The Morgan fingerprint density at radius 2 is 1.95 bits per heavy atom. The molecule has 1 N–H and O–H groups in total. The molecule has 0 heterocycles. The number of nitro benzene ring substituents is 1. The topological polar surface area (TPSA) is 72.2 Å². The van der Waals surface area contributed by atoms with E-state index in [-0.39, 0.29) is 33.2 Å². The van der Waals surface area contributed by atoms with Crippen LogP contribution in [0.15, 0.2) is 12.1 Å². The fourth-order valence-electron chi connectivity index (χ4n) is 2.18. The van der Waals surface area contributed by atoms with Crippen LogP contribution in [0.25, 0.3) is 0 Å².